The molecule has 2 aromatic heterocycles. The lowest BCUT2D eigenvalue weighted by Crippen LogP contribution is -1.99. The lowest BCUT2D eigenvalue weighted by molar-refractivity contribution is 0.734. The van der Waals surface area contributed by atoms with Crippen LogP contribution < -0.4 is 5.73 Å². The van der Waals surface area contributed by atoms with E-state index in [1.807, 2.05) is 11.3 Å². The predicted octanol–water partition coefficient (Wildman–Crippen LogP) is 6.00. The molecule has 3 aromatic rings. The average Bonchev–Trinajstić information content (AvgIpc) is 3.17. The second-order valence-corrected chi connectivity index (χ2v) is 8.04. The molecule has 2 heterocycles. The van der Waals surface area contributed by atoms with Crippen molar-refractivity contribution in [2.24, 2.45) is 5.73 Å². The zero-order valence-electron chi connectivity index (χ0n) is 15.0. The maximum Gasteiger partial charge on any atom is 0.0598 e. The lowest BCUT2D eigenvalue weighted by Gasteiger charge is -2.09. The number of hydrogen-bond donors (Lipinski definition) is 2. The van der Waals surface area contributed by atoms with Crippen LogP contribution in [0.4, 0.5) is 0 Å². The fourth-order valence-corrected chi connectivity index (χ4v) is 4.19. The highest BCUT2D eigenvalue weighted by atomic mass is 32.1. The summed E-state index contributed by atoms with van der Waals surface area (Å²) in [7, 11) is 0. The normalized spacial score (nSPS) is 12.8. The first-order chi connectivity index (χ1) is 11.6. The summed E-state index contributed by atoms with van der Waals surface area (Å²) in [4.78, 5) is 6.39. The molecule has 1 atom stereocenters. The van der Waals surface area contributed by atoms with Gasteiger partial charge in [0.2, 0.25) is 0 Å². The van der Waals surface area contributed by atoms with Crippen molar-refractivity contribution < 1.29 is 0 Å². The Balaban J connectivity index is 2.10. The van der Waals surface area contributed by atoms with Crippen LogP contribution in [-0.4, -0.2) is 11.5 Å². The molecule has 0 bridgehead atoms. The van der Waals surface area contributed by atoms with Crippen LogP contribution in [0.5, 0.6) is 0 Å². The van der Waals surface area contributed by atoms with E-state index in [-0.39, 0.29) is 0 Å². The molecule has 0 saturated carbocycles. The zero-order valence-corrected chi connectivity index (χ0v) is 15.8. The van der Waals surface area contributed by atoms with Crippen LogP contribution in [0.25, 0.3) is 21.5 Å². The molecule has 2 nitrogen and oxygen atoms in total. The van der Waals surface area contributed by atoms with Crippen molar-refractivity contribution >= 4 is 22.2 Å². The van der Waals surface area contributed by atoms with E-state index in [9.17, 15) is 0 Å². The first-order valence-corrected chi connectivity index (χ1v) is 9.87. The summed E-state index contributed by atoms with van der Waals surface area (Å²) in [5.74, 6) is 0.605. The summed E-state index contributed by atoms with van der Waals surface area (Å²) >= 11 is 1.87. The van der Waals surface area contributed by atoms with E-state index in [1.165, 1.54) is 43.9 Å². The van der Waals surface area contributed by atoms with Crippen LogP contribution >= 0.6 is 11.3 Å². The van der Waals surface area contributed by atoms with Gasteiger partial charge in [-0.1, -0.05) is 19.9 Å². The van der Waals surface area contributed by atoms with E-state index >= 15 is 0 Å². The van der Waals surface area contributed by atoms with Gasteiger partial charge in [-0.3, -0.25) is 0 Å². The van der Waals surface area contributed by atoms with Gasteiger partial charge in [0.1, 0.15) is 0 Å². The molecule has 0 radical (unpaired) electrons. The summed E-state index contributed by atoms with van der Waals surface area (Å²) in [6.45, 7) is 7.51. The number of aromatic nitrogens is 1. The van der Waals surface area contributed by atoms with Crippen LogP contribution in [-0.2, 0) is 6.42 Å². The van der Waals surface area contributed by atoms with Crippen molar-refractivity contribution in [3.05, 3.63) is 46.3 Å². The minimum atomic E-state index is 0.605. The van der Waals surface area contributed by atoms with Crippen molar-refractivity contribution in [3.8, 4) is 10.6 Å². The van der Waals surface area contributed by atoms with E-state index in [1.54, 1.807) is 0 Å². The molecule has 0 aliphatic carbocycles. The van der Waals surface area contributed by atoms with Gasteiger partial charge in [-0.25, -0.2) is 0 Å². The molecule has 0 spiro atoms. The standard InChI is InChI=1S/C21H28N2S/c1-4-14(2)16-9-10-19-18(13-16)17(7-5-6-12-22)21(23-19)20-11-8-15(3)24-20/h8-11,13-14,23H,4-7,12,22H2,1-3H3. The Morgan fingerprint density at radius 2 is 2.00 bits per heavy atom. The molecule has 128 valence electrons. The third kappa shape index (κ3) is 3.42. The van der Waals surface area contributed by atoms with Crippen molar-refractivity contribution in [2.75, 3.05) is 6.54 Å². The van der Waals surface area contributed by atoms with Crippen molar-refractivity contribution in [1.82, 2.24) is 4.98 Å². The Bertz CT molecular complexity index is 812. The number of H-pyrrole nitrogens is 1. The van der Waals surface area contributed by atoms with Gasteiger partial charge in [-0.05, 0) is 80.5 Å². The summed E-state index contributed by atoms with van der Waals surface area (Å²) in [6.07, 6.45) is 4.50. The maximum atomic E-state index is 5.71. The summed E-state index contributed by atoms with van der Waals surface area (Å²) in [5, 5.41) is 1.39. The monoisotopic (exact) mass is 340 g/mol. The van der Waals surface area contributed by atoms with E-state index in [0.717, 1.165) is 25.8 Å². The van der Waals surface area contributed by atoms with Crippen LogP contribution in [0.3, 0.4) is 0 Å². The minimum Gasteiger partial charge on any atom is -0.354 e. The highest BCUT2D eigenvalue weighted by molar-refractivity contribution is 7.15. The number of nitrogens with two attached hydrogens (primary N) is 1. The third-order valence-electron chi connectivity index (χ3n) is 4.98. The zero-order chi connectivity index (χ0) is 17.1. The average molecular weight is 341 g/mol. The molecule has 24 heavy (non-hydrogen) atoms. The topological polar surface area (TPSA) is 41.8 Å². The van der Waals surface area contributed by atoms with Crippen LogP contribution in [0.1, 0.15) is 55.0 Å². The molecule has 3 heteroatoms. The number of hydrogen-bond acceptors (Lipinski definition) is 2. The molecule has 0 aliphatic rings. The number of fused-ring (bicyclic) bond motifs is 1. The SMILES string of the molecule is CCC(C)c1ccc2[nH]c(-c3ccc(C)s3)c(CCCCN)c2c1. The van der Waals surface area contributed by atoms with Gasteiger partial charge >= 0.3 is 0 Å². The number of rotatable bonds is 7. The smallest absolute Gasteiger partial charge is 0.0598 e. The van der Waals surface area contributed by atoms with Crippen molar-refractivity contribution in [2.45, 2.75) is 52.4 Å². The summed E-state index contributed by atoms with van der Waals surface area (Å²) < 4.78 is 0. The highest BCUT2D eigenvalue weighted by Gasteiger charge is 2.15. The number of unbranched alkanes of at least 4 members (excludes halogenated alkanes) is 1. The Morgan fingerprint density at radius 3 is 2.67 bits per heavy atom. The number of thiophene rings is 1. The minimum absolute atomic E-state index is 0.605. The molecule has 0 aliphatic heterocycles. The van der Waals surface area contributed by atoms with Crippen molar-refractivity contribution in [3.63, 3.8) is 0 Å². The molecule has 1 unspecified atom stereocenters. The van der Waals surface area contributed by atoms with Crippen molar-refractivity contribution in [1.29, 1.82) is 0 Å². The Kier molecular flexibility index (Phi) is 5.42. The Hall–Kier alpha value is -1.58. The first kappa shape index (κ1) is 17.2. The molecule has 0 fully saturated rings. The summed E-state index contributed by atoms with van der Waals surface area (Å²) in [6, 6.07) is 11.4. The van der Waals surface area contributed by atoms with Crippen LogP contribution in [0.2, 0.25) is 0 Å². The quantitative estimate of drug-likeness (QED) is 0.509. The number of aromatic amines is 1. The predicted molar refractivity (Wildman–Crippen MR) is 107 cm³/mol. The molecule has 3 rings (SSSR count). The van der Waals surface area contributed by atoms with Gasteiger partial charge in [-0.15, -0.1) is 11.3 Å². The Labute approximate surface area is 149 Å². The summed E-state index contributed by atoms with van der Waals surface area (Å²) in [5.41, 5.74) is 11.2. The van der Waals surface area contributed by atoms with Crippen LogP contribution in [0, 0.1) is 6.92 Å². The van der Waals surface area contributed by atoms with Gasteiger partial charge < -0.3 is 10.7 Å². The van der Waals surface area contributed by atoms with Gasteiger partial charge in [-0.2, -0.15) is 0 Å². The third-order valence-corrected chi connectivity index (χ3v) is 6.00. The number of benzene rings is 1. The van der Waals surface area contributed by atoms with Crippen LogP contribution in [0.15, 0.2) is 30.3 Å². The van der Waals surface area contributed by atoms with Gasteiger partial charge in [0.25, 0.3) is 0 Å². The number of nitrogens with one attached hydrogen (secondary N) is 1. The number of aryl methyl sites for hydroxylation is 2. The second kappa shape index (κ2) is 7.54. The fourth-order valence-electron chi connectivity index (χ4n) is 3.29. The van der Waals surface area contributed by atoms with E-state index < -0.39 is 0 Å². The molecule has 0 amide bonds. The second-order valence-electron chi connectivity index (χ2n) is 6.75. The highest BCUT2D eigenvalue weighted by Crippen LogP contribution is 2.36. The van der Waals surface area contributed by atoms with E-state index in [0.29, 0.717) is 5.92 Å². The molecular formula is C21H28N2S. The first-order valence-electron chi connectivity index (χ1n) is 9.05. The fraction of sp³-hybridized carbons (Fsp3) is 0.429. The van der Waals surface area contributed by atoms with Gasteiger partial charge in [0.05, 0.1) is 10.6 Å². The Morgan fingerprint density at radius 1 is 1.17 bits per heavy atom. The molecule has 1 aromatic carbocycles. The lowest BCUT2D eigenvalue weighted by atomic mass is 9.95. The van der Waals surface area contributed by atoms with E-state index in [4.69, 9.17) is 5.73 Å². The molecular weight excluding hydrogens is 312 g/mol. The molecule has 3 N–H and O–H groups in total. The largest absolute Gasteiger partial charge is 0.354 e. The van der Waals surface area contributed by atoms with Gasteiger partial charge in [0.15, 0.2) is 0 Å². The molecule has 0 saturated heterocycles. The van der Waals surface area contributed by atoms with E-state index in [2.05, 4.69) is 56.1 Å². The van der Waals surface area contributed by atoms with Gasteiger partial charge in [0, 0.05) is 15.8 Å². The maximum absolute atomic E-state index is 5.71.